The van der Waals surface area contributed by atoms with Crippen LogP contribution in [0.3, 0.4) is 0 Å². The average molecular weight is 181 g/mol. The Morgan fingerprint density at radius 2 is 2.08 bits per heavy atom. The zero-order chi connectivity index (χ0) is 9.69. The fourth-order valence-electron chi connectivity index (χ4n) is 2.99. The number of hydrogen-bond donors (Lipinski definition) is 1. The van der Waals surface area contributed by atoms with Crippen LogP contribution in [-0.4, -0.2) is 35.2 Å². The van der Waals surface area contributed by atoms with Gasteiger partial charge in [0.25, 0.3) is 0 Å². The van der Waals surface area contributed by atoms with E-state index in [2.05, 4.69) is 25.6 Å². The first-order chi connectivity index (χ1) is 5.99. The summed E-state index contributed by atoms with van der Waals surface area (Å²) in [6.45, 7) is 4.02. The summed E-state index contributed by atoms with van der Waals surface area (Å²) in [6, 6.07) is 0. The van der Waals surface area contributed by atoms with Gasteiger partial charge < -0.3 is 10.0 Å². The van der Waals surface area contributed by atoms with Gasteiger partial charge in [0.05, 0.1) is 5.60 Å². The molecule has 0 aromatic carbocycles. The second kappa shape index (κ2) is 2.58. The molecule has 1 N–H and O–H groups in total. The van der Waals surface area contributed by atoms with Crippen molar-refractivity contribution < 1.29 is 5.11 Å². The van der Waals surface area contributed by atoms with Crippen LogP contribution in [0.25, 0.3) is 0 Å². The van der Waals surface area contributed by atoms with Crippen LogP contribution in [0.15, 0.2) is 12.2 Å². The van der Waals surface area contributed by atoms with Crippen LogP contribution < -0.4 is 0 Å². The van der Waals surface area contributed by atoms with Crippen LogP contribution in [-0.2, 0) is 0 Å². The van der Waals surface area contributed by atoms with E-state index in [0.717, 1.165) is 31.3 Å². The molecule has 2 fully saturated rings. The van der Waals surface area contributed by atoms with E-state index < -0.39 is 5.60 Å². The van der Waals surface area contributed by atoms with Crippen molar-refractivity contribution in [1.29, 1.82) is 0 Å². The first-order valence-corrected chi connectivity index (χ1v) is 5.07. The zero-order valence-corrected chi connectivity index (χ0v) is 8.64. The van der Waals surface area contributed by atoms with Gasteiger partial charge in [-0.1, -0.05) is 6.58 Å². The van der Waals surface area contributed by atoms with Crippen molar-refractivity contribution in [1.82, 2.24) is 4.90 Å². The van der Waals surface area contributed by atoms with Crippen LogP contribution in [0.1, 0.15) is 32.1 Å². The second-order valence-electron chi connectivity index (χ2n) is 4.96. The standard InChI is InChI=1S/C11H19NO/c1-9-7-10(12(2)3)5-4-6-11(9,13)8-10/h13H,1,4-8H2,2-3H3. The van der Waals surface area contributed by atoms with Gasteiger partial charge in [-0.15, -0.1) is 0 Å². The Balaban J connectivity index is 2.31. The molecule has 2 unspecified atom stereocenters. The summed E-state index contributed by atoms with van der Waals surface area (Å²) in [6.07, 6.45) is 5.14. The molecule has 0 radical (unpaired) electrons. The van der Waals surface area contributed by atoms with E-state index in [1.54, 1.807) is 0 Å². The first kappa shape index (κ1) is 9.22. The monoisotopic (exact) mass is 181 g/mol. The molecule has 0 amide bonds. The van der Waals surface area contributed by atoms with Gasteiger partial charge in [0, 0.05) is 5.54 Å². The molecule has 2 rings (SSSR count). The maximum atomic E-state index is 10.3. The highest BCUT2D eigenvalue weighted by atomic mass is 16.3. The lowest BCUT2D eigenvalue weighted by molar-refractivity contribution is 0.00611. The third kappa shape index (κ3) is 1.16. The maximum absolute atomic E-state index is 10.3. The molecule has 0 spiro atoms. The van der Waals surface area contributed by atoms with Gasteiger partial charge in [-0.2, -0.15) is 0 Å². The van der Waals surface area contributed by atoms with Crippen LogP contribution in [0.4, 0.5) is 0 Å². The summed E-state index contributed by atoms with van der Waals surface area (Å²) in [5.41, 5.74) is 0.728. The normalized spacial score (nSPS) is 44.5. The van der Waals surface area contributed by atoms with Crippen molar-refractivity contribution in [2.75, 3.05) is 14.1 Å². The number of rotatable bonds is 1. The molecular weight excluding hydrogens is 162 g/mol. The predicted octanol–water partition coefficient (Wildman–Crippen LogP) is 1.55. The highest BCUT2D eigenvalue weighted by molar-refractivity contribution is 5.28. The molecule has 74 valence electrons. The van der Waals surface area contributed by atoms with Gasteiger partial charge >= 0.3 is 0 Å². The smallest absolute Gasteiger partial charge is 0.0872 e. The van der Waals surface area contributed by atoms with Crippen LogP contribution in [0.5, 0.6) is 0 Å². The fourth-order valence-corrected chi connectivity index (χ4v) is 2.99. The van der Waals surface area contributed by atoms with E-state index in [1.807, 2.05) is 0 Å². The molecule has 0 aromatic rings. The van der Waals surface area contributed by atoms with E-state index in [4.69, 9.17) is 0 Å². The topological polar surface area (TPSA) is 23.5 Å². The van der Waals surface area contributed by atoms with Crippen molar-refractivity contribution in [3.8, 4) is 0 Å². The molecule has 2 aliphatic carbocycles. The Labute approximate surface area is 80.2 Å². The minimum Gasteiger partial charge on any atom is -0.385 e. The SMILES string of the molecule is C=C1CC2(N(C)C)CCCC1(O)C2. The van der Waals surface area contributed by atoms with E-state index in [-0.39, 0.29) is 5.54 Å². The molecular formula is C11H19NO. The molecule has 2 aliphatic rings. The Morgan fingerprint density at radius 1 is 1.38 bits per heavy atom. The van der Waals surface area contributed by atoms with Crippen molar-refractivity contribution in [3.63, 3.8) is 0 Å². The summed E-state index contributed by atoms with van der Waals surface area (Å²) >= 11 is 0. The van der Waals surface area contributed by atoms with E-state index in [1.165, 1.54) is 6.42 Å². The highest BCUT2D eigenvalue weighted by Crippen LogP contribution is 2.52. The highest BCUT2D eigenvalue weighted by Gasteiger charge is 2.53. The molecule has 2 heteroatoms. The third-order valence-electron chi connectivity index (χ3n) is 4.00. The predicted molar refractivity (Wildman–Crippen MR) is 53.6 cm³/mol. The molecule has 2 saturated carbocycles. The Bertz CT molecular complexity index is 248. The van der Waals surface area contributed by atoms with Crippen LogP contribution in [0, 0.1) is 0 Å². The molecule has 2 bridgehead atoms. The Hall–Kier alpha value is -0.340. The molecule has 2 atom stereocenters. The van der Waals surface area contributed by atoms with E-state index in [9.17, 15) is 5.11 Å². The van der Waals surface area contributed by atoms with Crippen molar-refractivity contribution in [2.45, 2.75) is 43.2 Å². The Morgan fingerprint density at radius 3 is 2.62 bits per heavy atom. The largest absolute Gasteiger partial charge is 0.385 e. The molecule has 0 aliphatic heterocycles. The molecule has 2 nitrogen and oxygen atoms in total. The van der Waals surface area contributed by atoms with Crippen LogP contribution in [0.2, 0.25) is 0 Å². The minimum absolute atomic E-state index is 0.212. The van der Waals surface area contributed by atoms with Gasteiger partial charge in [-0.3, -0.25) is 0 Å². The molecule has 0 saturated heterocycles. The van der Waals surface area contributed by atoms with Crippen molar-refractivity contribution in [3.05, 3.63) is 12.2 Å². The summed E-state index contributed by atoms with van der Waals surface area (Å²) < 4.78 is 0. The third-order valence-corrected chi connectivity index (χ3v) is 4.00. The first-order valence-electron chi connectivity index (χ1n) is 5.07. The van der Waals surface area contributed by atoms with Gasteiger partial charge in [0.15, 0.2) is 0 Å². The number of hydrogen-bond acceptors (Lipinski definition) is 2. The number of fused-ring (bicyclic) bond motifs is 2. The molecule has 0 aromatic heterocycles. The molecule has 13 heavy (non-hydrogen) atoms. The summed E-state index contributed by atoms with van der Waals surface area (Å²) in [4.78, 5) is 2.27. The summed E-state index contributed by atoms with van der Waals surface area (Å²) in [5.74, 6) is 0. The average Bonchev–Trinajstić information content (AvgIpc) is 2.20. The second-order valence-corrected chi connectivity index (χ2v) is 4.96. The summed E-state index contributed by atoms with van der Waals surface area (Å²) in [5, 5.41) is 10.3. The van der Waals surface area contributed by atoms with E-state index in [0.29, 0.717) is 0 Å². The van der Waals surface area contributed by atoms with Gasteiger partial charge in [-0.25, -0.2) is 0 Å². The van der Waals surface area contributed by atoms with Gasteiger partial charge in [-0.05, 0) is 51.8 Å². The lowest BCUT2D eigenvalue weighted by Crippen LogP contribution is -2.46. The van der Waals surface area contributed by atoms with Crippen molar-refractivity contribution in [2.24, 2.45) is 0 Å². The zero-order valence-electron chi connectivity index (χ0n) is 8.64. The van der Waals surface area contributed by atoms with Gasteiger partial charge in [0.2, 0.25) is 0 Å². The lowest BCUT2D eigenvalue weighted by Gasteiger charge is -2.41. The maximum Gasteiger partial charge on any atom is 0.0872 e. The lowest BCUT2D eigenvalue weighted by atomic mass is 9.79. The Kier molecular flexibility index (Phi) is 1.83. The van der Waals surface area contributed by atoms with Crippen LogP contribution >= 0.6 is 0 Å². The quantitative estimate of drug-likeness (QED) is 0.620. The number of aliphatic hydroxyl groups is 1. The van der Waals surface area contributed by atoms with E-state index >= 15 is 0 Å². The fraction of sp³-hybridized carbons (Fsp3) is 0.818. The number of nitrogens with zero attached hydrogens (tertiary/aromatic N) is 1. The van der Waals surface area contributed by atoms with Gasteiger partial charge in [0.1, 0.15) is 0 Å². The minimum atomic E-state index is -0.539. The summed E-state index contributed by atoms with van der Waals surface area (Å²) in [7, 11) is 4.23. The molecule has 0 heterocycles. The van der Waals surface area contributed by atoms with Crippen molar-refractivity contribution >= 4 is 0 Å².